The second-order valence-corrected chi connectivity index (χ2v) is 7.65. The fraction of sp³-hybridized carbons (Fsp3) is 0.346. The maximum Gasteiger partial charge on any atom is 0.310 e. The zero-order chi connectivity index (χ0) is 25.2. The molecule has 0 bridgehead atoms. The summed E-state index contributed by atoms with van der Waals surface area (Å²) in [6.07, 6.45) is 0.0367. The number of carbonyl (C=O) groups excluding carboxylic acids is 2. The van der Waals surface area contributed by atoms with E-state index < -0.39 is 18.5 Å². The number of amides is 1. The van der Waals surface area contributed by atoms with Crippen LogP contribution in [0.5, 0.6) is 17.2 Å². The third-order valence-corrected chi connectivity index (χ3v) is 5.03. The van der Waals surface area contributed by atoms with Gasteiger partial charge in [0, 0.05) is 11.8 Å². The van der Waals surface area contributed by atoms with Crippen molar-refractivity contribution in [1.29, 1.82) is 0 Å². The third kappa shape index (κ3) is 7.49. The molecular formula is C26H30N2O7. The molecule has 0 atom stereocenters. The molecule has 3 aromatic rings. The highest BCUT2D eigenvalue weighted by atomic mass is 16.5. The highest BCUT2D eigenvalue weighted by Crippen LogP contribution is 2.30. The van der Waals surface area contributed by atoms with E-state index in [1.165, 1.54) is 0 Å². The van der Waals surface area contributed by atoms with Gasteiger partial charge in [0.1, 0.15) is 18.1 Å². The van der Waals surface area contributed by atoms with Gasteiger partial charge < -0.3 is 28.8 Å². The summed E-state index contributed by atoms with van der Waals surface area (Å²) in [4.78, 5) is 24.4. The molecule has 35 heavy (non-hydrogen) atoms. The molecule has 186 valence electrons. The van der Waals surface area contributed by atoms with Gasteiger partial charge in [0.05, 0.1) is 30.9 Å². The number of rotatable bonds is 12. The zero-order valence-electron chi connectivity index (χ0n) is 20.4. The molecule has 9 heteroatoms. The van der Waals surface area contributed by atoms with Crippen molar-refractivity contribution in [2.24, 2.45) is 0 Å². The monoisotopic (exact) mass is 482 g/mol. The average molecular weight is 483 g/mol. The molecule has 1 amide bonds. The van der Waals surface area contributed by atoms with E-state index in [1.807, 2.05) is 27.7 Å². The number of nitrogens with one attached hydrogen (secondary N) is 1. The molecule has 0 aliphatic carbocycles. The highest BCUT2D eigenvalue weighted by Gasteiger charge is 2.12. The predicted octanol–water partition coefficient (Wildman–Crippen LogP) is 4.39. The second-order valence-electron chi connectivity index (χ2n) is 7.65. The number of ether oxygens (including phenoxy) is 4. The summed E-state index contributed by atoms with van der Waals surface area (Å²) in [7, 11) is 0. The number of benzene rings is 2. The lowest BCUT2D eigenvalue weighted by Gasteiger charge is -2.13. The summed E-state index contributed by atoms with van der Waals surface area (Å²) in [5.74, 6) is 1.55. The van der Waals surface area contributed by atoms with Crippen molar-refractivity contribution in [3.05, 3.63) is 65.0 Å². The number of aryl methyl sites for hydroxylation is 2. The van der Waals surface area contributed by atoms with Crippen LogP contribution in [0.15, 0.2) is 47.0 Å². The smallest absolute Gasteiger partial charge is 0.310 e. The maximum atomic E-state index is 12.2. The Labute approximate surface area is 204 Å². The molecule has 0 radical (unpaired) electrons. The van der Waals surface area contributed by atoms with Crippen molar-refractivity contribution < 1.29 is 33.1 Å². The Morgan fingerprint density at radius 3 is 2.31 bits per heavy atom. The molecule has 0 spiro atoms. The predicted molar refractivity (Wildman–Crippen MR) is 129 cm³/mol. The molecule has 1 N–H and O–H groups in total. The average Bonchev–Trinajstić information content (AvgIpc) is 3.16. The van der Waals surface area contributed by atoms with E-state index >= 15 is 0 Å². The zero-order valence-corrected chi connectivity index (χ0v) is 20.4. The van der Waals surface area contributed by atoms with Crippen LogP contribution in [-0.2, 0) is 27.4 Å². The number of hydrogen-bond acceptors (Lipinski definition) is 8. The summed E-state index contributed by atoms with van der Waals surface area (Å²) in [6.45, 7) is 8.35. The molecule has 9 nitrogen and oxygen atoms in total. The van der Waals surface area contributed by atoms with Crippen molar-refractivity contribution in [3.8, 4) is 17.2 Å². The lowest BCUT2D eigenvalue weighted by Crippen LogP contribution is -2.21. The topological polar surface area (TPSA) is 109 Å². The lowest BCUT2D eigenvalue weighted by atomic mass is 10.1. The number of aromatic nitrogens is 1. The van der Waals surface area contributed by atoms with Gasteiger partial charge in [0.15, 0.2) is 18.1 Å². The highest BCUT2D eigenvalue weighted by molar-refractivity contribution is 5.93. The summed E-state index contributed by atoms with van der Waals surface area (Å²) in [6, 6.07) is 12.2. The van der Waals surface area contributed by atoms with Crippen LogP contribution in [0.2, 0.25) is 0 Å². The fourth-order valence-corrected chi connectivity index (χ4v) is 3.26. The molecule has 0 aliphatic rings. The van der Waals surface area contributed by atoms with Crippen molar-refractivity contribution in [2.75, 3.05) is 25.1 Å². The van der Waals surface area contributed by atoms with Crippen molar-refractivity contribution in [1.82, 2.24) is 5.16 Å². The van der Waals surface area contributed by atoms with Crippen LogP contribution in [0.25, 0.3) is 0 Å². The van der Waals surface area contributed by atoms with Crippen molar-refractivity contribution >= 4 is 17.6 Å². The van der Waals surface area contributed by atoms with E-state index in [0.717, 1.165) is 22.6 Å². The van der Waals surface area contributed by atoms with Gasteiger partial charge >= 0.3 is 5.97 Å². The van der Waals surface area contributed by atoms with Crippen LogP contribution < -0.4 is 19.5 Å². The summed E-state index contributed by atoms with van der Waals surface area (Å²) in [5.41, 5.74) is 2.97. The van der Waals surface area contributed by atoms with Gasteiger partial charge in [-0.2, -0.15) is 0 Å². The largest absolute Gasteiger partial charge is 0.490 e. The van der Waals surface area contributed by atoms with Crippen LogP contribution in [0.1, 0.15) is 36.4 Å². The molecule has 1 aromatic heterocycles. The van der Waals surface area contributed by atoms with Gasteiger partial charge in [-0.3, -0.25) is 9.59 Å². The first-order valence-electron chi connectivity index (χ1n) is 11.4. The fourth-order valence-electron chi connectivity index (χ4n) is 3.26. The van der Waals surface area contributed by atoms with E-state index in [4.69, 9.17) is 23.5 Å². The minimum atomic E-state index is -0.508. The second kappa shape index (κ2) is 12.5. The van der Waals surface area contributed by atoms with Crippen molar-refractivity contribution in [2.45, 2.75) is 40.7 Å². The van der Waals surface area contributed by atoms with Crippen LogP contribution in [0, 0.1) is 13.8 Å². The number of carbonyl (C=O) groups is 2. The molecule has 0 saturated heterocycles. The maximum absolute atomic E-state index is 12.2. The Balaban J connectivity index is 1.45. The van der Waals surface area contributed by atoms with E-state index in [0.29, 0.717) is 42.8 Å². The van der Waals surface area contributed by atoms with Gasteiger partial charge in [0.25, 0.3) is 5.91 Å². The Kier molecular flexibility index (Phi) is 9.11. The first-order valence-corrected chi connectivity index (χ1v) is 11.4. The Morgan fingerprint density at radius 1 is 0.943 bits per heavy atom. The summed E-state index contributed by atoms with van der Waals surface area (Å²) < 4.78 is 27.1. The molecule has 3 rings (SSSR count). The van der Waals surface area contributed by atoms with Crippen LogP contribution in [0.3, 0.4) is 0 Å². The van der Waals surface area contributed by atoms with Gasteiger partial charge in [-0.1, -0.05) is 17.3 Å². The Hall–Kier alpha value is -4.01. The lowest BCUT2D eigenvalue weighted by molar-refractivity contribution is -0.146. The first kappa shape index (κ1) is 25.6. The molecule has 0 unspecified atom stereocenters. The minimum absolute atomic E-state index is 0.0367. The summed E-state index contributed by atoms with van der Waals surface area (Å²) >= 11 is 0. The molecule has 0 fully saturated rings. The van der Waals surface area contributed by atoms with Crippen LogP contribution >= 0.6 is 0 Å². The third-order valence-electron chi connectivity index (χ3n) is 5.03. The molecule has 0 saturated carbocycles. The van der Waals surface area contributed by atoms with Gasteiger partial charge in [-0.15, -0.1) is 0 Å². The number of anilines is 1. The number of nitrogens with zero attached hydrogens (tertiary/aromatic N) is 1. The first-order chi connectivity index (χ1) is 16.9. The number of hydrogen-bond donors (Lipinski definition) is 1. The summed E-state index contributed by atoms with van der Waals surface area (Å²) in [5, 5.41) is 6.60. The van der Waals surface area contributed by atoms with Gasteiger partial charge in [-0.05, 0) is 57.5 Å². The quantitative estimate of drug-likeness (QED) is 0.379. The standard InChI is InChI=1S/C26H30N2O7/c1-5-31-23-12-9-20(14-24(23)32-6-2)27-25(29)16-34-26(30)13-19-7-10-21(11-8-19)33-15-22-17(3)28-35-18(22)4/h7-12,14H,5-6,13,15-16H2,1-4H3,(H,27,29). The molecule has 1 heterocycles. The minimum Gasteiger partial charge on any atom is -0.490 e. The van der Waals surface area contributed by atoms with Gasteiger partial charge in [0.2, 0.25) is 0 Å². The molecular weight excluding hydrogens is 452 g/mol. The SMILES string of the molecule is CCOc1ccc(NC(=O)COC(=O)Cc2ccc(OCc3c(C)noc3C)cc2)cc1OCC. The Bertz CT molecular complexity index is 1120. The van der Waals surface area contributed by atoms with Crippen LogP contribution in [0.4, 0.5) is 5.69 Å². The number of esters is 1. The van der Waals surface area contributed by atoms with E-state index in [-0.39, 0.29) is 6.42 Å². The van der Waals surface area contributed by atoms with E-state index in [1.54, 1.807) is 42.5 Å². The van der Waals surface area contributed by atoms with Crippen molar-refractivity contribution in [3.63, 3.8) is 0 Å². The van der Waals surface area contributed by atoms with Crippen LogP contribution in [-0.4, -0.2) is 36.9 Å². The van der Waals surface area contributed by atoms with Gasteiger partial charge in [-0.25, -0.2) is 0 Å². The molecule has 0 aliphatic heterocycles. The van der Waals surface area contributed by atoms with E-state index in [9.17, 15) is 9.59 Å². The Morgan fingerprint density at radius 2 is 1.66 bits per heavy atom. The molecule has 2 aromatic carbocycles. The van der Waals surface area contributed by atoms with E-state index in [2.05, 4.69) is 10.5 Å². The normalized spacial score (nSPS) is 10.5.